The van der Waals surface area contributed by atoms with Gasteiger partial charge in [0.25, 0.3) is 5.91 Å². The second-order valence-corrected chi connectivity index (χ2v) is 9.35. The van der Waals surface area contributed by atoms with E-state index in [1.807, 2.05) is 0 Å². The Labute approximate surface area is 179 Å². The molecule has 3 saturated heterocycles. The van der Waals surface area contributed by atoms with Crippen molar-refractivity contribution < 1.29 is 22.8 Å². The molecule has 0 radical (unpaired) electrons. The number of aromatic nitrogens is 1. The van der Waals surface area contributed by atoms with Crippen LogP contribution in [0.25, 0.3) is 0 Å². The lowest BCUT2D eigenvalue weighted by Crippen LogP contribution is -2.50. The van der Waals surface area contributed by atoms with Crippen LogP contribution in [-0.4, -0.2) is 45.8 Å². The van der Waals surface area contributed by atoms with E-state index in [0.717, 1.165) is 30.6 Å². The summed E-state index contributed by atoms with van der Waals surface area (Å²) in [4.78, 5) is 17.4. The minimum absolute atomic E-state index is 0.0400. The Kier molecular flexibility index (Phi) is 4.44. The van der Waals surface area contributed by atoms with Gasteiger partial charge in [-0.3, -0.25) is 9.69 Å². The molecule has 164 valence electrons. The summed E-state index contributed by atoms with van der Waals surface area (Å²) < 4.78 is 39.3. The number of fused-ring (bicyclic) bond motifs is 1. The quantitative estimate of drug-likeness (QED) is 0.738. The van der Waals surface area contributed by atoms with Gasteiger partial charge in [0.2, 0.25) is 0 Å². The molecule has 4 heterocycles. The van der Waals surface area contributed by atoms with Crippen molar-refractivity contribution in [3.63, 3.8) is 0 Å². The maximum Gasteiger partial charge on any atom is 0.257 e. The number of benzene rings is 1. The number of hydrogen-bond donors (Lipinski definition) is 0. The fraction of sp³-hybridized carbons (Fsp3) is 0.565. The van der Waals surface area contributed by atoms with Gasteiger partial charge in [0.15, 0.2) is 5.60 Å². The molecule has 1 saturated carbocycles. The third-order valence-electron chi connectivity index (χ3n) is 7.19. The van der Waals surface area contributed by atoms with Crippen molar-refractivity contribution in [2.75, 3.05) is 13.1 Å². The monoisotopic (exact) mass is 429 g/mol. The average molecular weight is 429 g/mol. The Morgan fingerprint density at radius 2 is 1.77 bits per heavy atom. The van der Waals surface area contributed by atoms with Crippen LogP contribution in [0.3, 0.4) is 0 Å². The third-order valence-corrected chi connectivity index (χ3v) is 7.19. The summed E-state index contributed by atoms with van der Waals surface area (Å²) in [5.74, 6) is 0.252. The summed E-state index contributed by atoms with van der Waals surface area (Å²) >= 11 is 0. The molecule has 4 fully saturated rings. The number of ether oxygens (including phenoxy) is 1. The molecule has 31 heavy (non-hydrogen) atoms. The van der Waals surface area contributed by atoms with Gasteiger partial charge < -0.3 is 14.2 Å². The van der Waals surface area contributed by atoms with Crippen molar-refractivity contribution >= 4 is 5.91 Å². The number of halogens is 2. The van der Waals surface area contributed by atoms with E-state index >= 15 is 0 Å². The number of nitrogens with zero attached hydrogens (tertiary/aromatic N) is 3. The zero-order valence-corrected chi connectivity index (χ0v) is 17.2. The molecule has 1 amide bonds. The Bertz CT molecular complexity index is 993. The lowest BCUT2D eigenvalue weighted by molar-refractivity contribution is -0.143. The zero-order valence-electron chi connectivity index (χ0n) is 17.2. The molecule has 8 heteroatoms. The minimum atomic E-state index is -0.825. The topological polar surface area (TPSA) is 58.8 Å². The van der Waals surface area contributed by atoms with E-state index in [1.165, 1.54) is 25.0 Å². The van der Waals surface area contributed by atoms with Gasteiger partial charge in [-0.05, 0) is 56.2 Å². The van der Waals surface area contributed by atoms with Crippen molar-refractivity contribution in [1.29, 1.82) is 0 Å². The van der Waals surface area contributed by atoms with Crippen molar-refractivity contribution in [2.24, 2.45) is 0 Å². The van der Waals surface area contributed by atoms with Crippen molar-refractivity contribution in [2.45, 2.75) is 68.9 Å². The van der Waals surface area contributed by atoms with E-state index < -0.39 is 17.2 Å². The van der Waals surface area contributed by atoms with Crippen LogP contribution < -0.4 is 0 Å². The number of rotatable bonds is 4. The number of hydrogen-bond acceptors (Lipinski definition) is 5. The highest BCUT2D eigenvalue weighted by atomic mass is 19.1. The molecule has 0 N–H and O–H groups in total. The van der Waals surface area contributed by atoms with Crippen LogP contribution in [0.4, 0.5) is 8.78 Å². The first-order valence-corrected chi connectivity index (χ1v) is 11.2. The highest BCUT2D eigenvalue weighted by molar-refractivity contribution is 5.88. The normalized spacial score (nSPS) is 27.9. The van der Waals surface area contributed by atoms with Gasteiger partial charge in [0, 0.05) is 37.7 Å². The lowest BCUT2D eigenvalue weighted by Gasteiger charge is -2.37. The highest BCUT2D eigenvalue weighted by Gasteiger charge is 2.57. The van der Waals surface area contributed by atoms with E-state index in [2.05, 4.69) is 16.1 Å². The minimum Gasteiger partial charge on any atom is -0.361 e. The molecule has 0 bridgehead atoms. The molecule has 2 aromatic rings. The molecule has 3 aliphatic heterocycles. The van der Waals surface area contributed by atoms with Gasteiger partial charge in [-0.1, -0.05) is 5.16 Å². The van der Waals surface area contributed by atoms with Crippen molar-refractivity contribution in [3.05, 3.63) is 52.9 Å². The van der Waals surface area contributed by atoms with Crippen LogP contribution in [-0.2, 0) is 16.1 Å². The molecule has 4 aliphatic rings. The average Bonchev–Trinajstić information content (AvgIpc) is 3.25. The molecule has 1 aromatic heterocycles. The maximum atomic E-state index is 13.7. The fourth-order valence-electron chi connectivity index (χ4n) is 5.40. The molecular formula is C23H25F2N3O3. The fourth-order valence-corrected chi connectivity index (χ4v) is 5.40. The predicted octanol–water partition coefficient (Wildman–Crippen LogP) is 3.88. The van der Waals surface area contributed by atoms with Gasteiger partial charge in [-0.15, -0.1) is 0 Å². The Morgan fingerprint density at radius 1 is 1.03 bits per heavy atom. The molecule has 1 spiro atoms. The molecule has 6 nitrogen and oxygen atoms in total. The van der Waals surface area contributed by atoms with Gasteiger partial charge in [-0.2, -0.15) is 0 Å². The third kappa shape index (κ3) is 3.36. The molecule has 2 atom stereocenters. The van der Waals surface area contributed by atoms with Gasteiger partial charge in [0.05, 0.1) is 11.7 Å². The molecule has 1 aromatic carbocycles. The van der Waals surface area contributed by atoms with E-state index in [0.29, 0.717) is 43.7 Å². The van der Waals surface area contributed by atoms with E-state index in [4.69, 9.17) is 9.26 Å². The lowest BCUT2D eigenvalue weighted by atomic mass is 9.89. The van der Waals surface area contributed by atoms with Gasteiger partial charge >= 0.3 is 0 Å². The highest BCUT2D eigenvalue weighted by Crippen LogP contribution is 2.48. The van der Waals surface area contributed by atoms with Crippen molar-refractivity contribution in [1.82, 2.24) is 15.0 Å². The zero-order chi connectivity index (χ0) is 21.2. The van der Waals surface area contributed by atoms with Gasteiger partial charge in [-0.25, -0.2) is 8.78 Å². The van der Waals surface area contributed by atoms with E-state index in [-0.39, 0.29) is 18.2 Å². The number of carbonyl (C=O) groups is 1. The molecular weight excluding hydrogens is 404 g/mol. The Balaban J connectivity index is 1.13. The summed E-state index contributed by atoms with van der Waals surface area (Å²) in [5.41, 5.74) is 0.614. The SMILES string of the molecule is O=C1N2C(CCC2c2cc(F)cc(F)c2)OC12CCN(Cc1cc(C3CC3)on1)CC2. The number of amides is 1. The van der Waals surface area contributed by atoms with Crippen LogP contribution in [0.2, 0.25) is 0 Å². The standard InChI is InChI=1S/C23H25F2N3O3/c24-16-9-15(10-17(25)11-16)19-3-4-21-28(19)22(29)23(30-21)5-7-27(8-6-23)13-18-12-20(31-26-18)14-1-2-14/h9-12,14,19,21H,1-8,13H2. The Hall–Kier alpha value is -2.32. The first-order chi connectivity index (χ1) is 15.0. The number of carbonyl (C=O) groups excluding carboxylic acids is 1. The largest absolute Gasteiger partial charge is 0.361 e. The number of likely N-dealkylation sites (tertiary alicyclic amines) is 1. The van der Waals surface area contributed by atoms with Gasteiger partial charge in [0.1, 0.15) is 23.6 Å². The second kappa shape index (κ2) is 7.10. The van der Waals surface area contributed by atoms with Crippen LogP contribution in [0.5, 0.6) is 0 Å². The summed E-state index contributed by atoms with van der Waals surface area (Å²) in [6.45, 7) is 2.17. The van der Waals surface area contributed by atoms with Crippen LogP contribution in [0.15, 0.2) is 28.8 Å². The molecule has 2 unspecified atom stereocenters. The first-order valence-electron chi connectivity index (χ1n) is 11.2. The summed E-state index contributed by atoms with van der Waals surface area (Å²) in [6, 6.07) is 5.22. The smallest absolute Gasteiger partial charge is 0.257 e. The predicted molar refractivity (Wildman–Crippen MR) is 106 cm³/mol. The summed E-state index contributed by atoms with van der Waals surface area (Å²) in [5, 5.41) is 4.20. The van der Waals surface area contributed by atoms with Crippen LogP contribution in [0, 0.1) is 11.6 Å². The Morgan fingerprint density at radius 3 is 2.48 bits per heavy atom. The van der Waals surface area contributed by atoms with Crippen LogP contribution in [0.1, 0.15) is 67.5 Å². The molecule has 1 aliphatic carbocycles. The summed E-state index contributed by atoms with van der Waals surface area (Å²) in [6.07, 6.45) is 4.60. The van der Waals surface area contributed by atoms with E-state index in [1.54, 1.807) is 4.90 Å². The molecule has 6 rings (SSSR count). The van der Waals surface area contributed by atoms with Crippen LogP contribution >= 0.6 is 0 Å². The van der Waals surface area contributed by atoms with Crippen molar-refractivity contribution in [3.8, 4) is 0 Å². The first kappa shape index (κ1) is 19.4. The second-order valence-electron chi connectivity index (χ2n) is 9.35. The number of piperidine rings is 1. The summed E-state index contributed by atoms with van der Waals surface area (Å²) in [7, 11) is 0. The van der Waals surface area contributed by atoms with E-state index in [9.17, 15) is 13.6 Å². The maximum absolute atomic E-state index is 13.7.